The van der Waals surface area contributed by atoms with E-state index in [4.69, 9.17) is 18.9 Å². The molecule has 64 heavy (non-hydrogen) atoms. The lowest BCUT2D eigenvalue weighted by molar-refractivity contribution is -0.305. The molecule has 1 aliphatic rings. The van der Waals surface area contributed by atoms with Crippen LogP contribution in [0.4, 0.5) is 0 Å². The largest absolute Gasteiger partial charge is 0.457 e. The Morgan fingerprint density at radius 2 is 0.953 bits per heavy atom. The molecule has 1 fully saturated rings. The number of unbranched alkanes of at least 4 members (excludes halogenated alkanes) is 18. The molecule has 4 N–H and O–H groups in total. The minimum absolute atomic E-state index is 0.127. The molecule has 6 atom stereocenters. The van der Waals surface area contributed by atoms with Crippen LogP contribution in [0.1, 0.15) is 194 Å². The Morgan fingerprint density at radius 3 is 1.44 bits per heavy atom. The lowest BCUT2D eigenvalue weighted by Gasteiger charge is -2.39. The minimum atomic E-state index is -1.55. The first kappa shape index (κ1) is 59.4. The van der Waals surface area contributed by atoms with Gasteiger partial charge in [0.25, 0.3) is 0 Å². The fourth-order valence-electron chi connectivity index (χ4n) is 7.31. The van der Waals surface area contributed by atoms with E-state index in [1.807, 2.05) is 0 Å². The number of hydrogen-bond donors (Lipinski definition) is 4. The van der Waals surface area contributed by atoms with E-state index in [1.165, 1.54) is 83.5 Å². The van der Waals surface area contributed by atoms with Crippen molar-refractivity contribution < 1.29 is 44.2 Å². The van der Waals surface area contributed by atoms with Gasteiger partial charge in [-0.15, -0.1) is 0 Å². The average Bonchev–Trinajstić information content (AvgIpc) is 3.30. The Balaban J connectivity index is 2.24. The van der Waals surface area contributed by atoms with Crippen LogP contribution in [0.3, 0.4) is 0 Å². The van der Waals surface area contributed by atoms with Crippen LogP contribution in [-0.4, -0.2) is 89.6 Å². The number of hydrogen-bond acceptors (Lipinski definition) is 9. The highest BCUT2D eigenvalue weighted by Gasteiger charge is 2.44. The molecule has 1 heterocycles. The number of carbonyl (C=O) groups is 1. The molecule has 0 aromatic carbocycles. The summed E-state index contributed by atoms with van der Waals surface area (Å²) in [5, 5.41) is 40.3. The standard InChI is InChI=1S/C55H94O9/c1-3-5-7-9-11-13-15-17-19-21-23-25-26-28-30-32-34-36-38-40-42-44-51(57)63-49(48-62-55-54(60)53(59)52(58)50(46-56)64-55)47-61-45-43-41-39-37-35-33-31-29-27-24-22-20-18-16-14-12-10-8-6-4-2/h5,7,11-14,17-20,23,25,28,30,49-50,52-56,58-60H,3-4,6,8-10,15-16,21-22,24,26-27,29,31-48H2,1-2H3/b7-5-,13-11-,14-12-,19-17-,20-18-,25-23-,30-28-. The zero-order valence-electron chi connectivity index (χ0n) is 40.5. The second-order valence-corrected chi connectivity index (χ2v) is 17.2. The molecule has 0 aromatic heterocycles. The summed E-state index contributed by atoms with van der Waals surface area (Å²) in [7, 11) is 0. The lowest BCUT2D eigenvalue weighted by atomic mass is 9.99. The van der Waals surface area contributed by atoms with E-state index in [9.17, 15) is 25.2 Å². The van der Waals surface area contributed by atoms with E-state index >= 15 is 0 Å². The number of aliphatic hydroxyl groups is 4. The number of esters is 1. The normalized spacial score (nSPS) is 20.2. The summed E-state index contributed by atoms with van der Waals surface area (Å²) in [5.41, 5.74) is 0. The predicted octanol–water partition coefficient (Wildman–Crippen LogP) is 12.6. The van der Waals surface area contributed by atoms with Gasteiger partial charge in [-0.2, -0.15) is 0 Å². The zero-order valence-corrected chi connectivity index (χ0v) is 40.5. The maximum absolute atomic E-state index is 12.8. The third-order valence-corrected chi connectivity index (χ3v) is 11.3. The zero-order chi connectivity index (χ0) is 46.4. The summed E-state index contributed by atoms with van der Waals surface area (Å²) in [6, 6.07) is 0. The Bertz CT molecular complexity index is 1250. The van der Waals surface area contributed by atoms with Gasteiger partial charge in [-0.3, -0.25) is 4.79 Å². The van der Waals surface area contributed by atoms with Gasteiger partial charge < -0.3 is 39.4 Å². The highest BCUT2D eigenvalue weighted by atomic mass is 16.7. The Labute approximate surface area is 390 Å². The van der Waals surface area contributed by atoms with Gasteiger partial charge in [-0.25, -0.2) is 0 Å². The second-order valence-electron chi connectivity index (χ2n) is 17.2. The third-order valence-electron chi connectivity index (χ3n) is 11.3. The van der Waals surface area contributed by atoms with Gasteiger partial charge in [0.05, 0.1) is 19.8 Å². The van der Waals surface area contributed by atoms with Crippen molar-refractivity contribution in [1.82, 2.24) is 0 Å². The number of aliphatic hydroxyl groups excluding tert-OH is 4. The molecule has 1 aliphatic heterocycles. The molecule has 0 amide bonds. The Hall–Kier alpha value is -2.63. The topological polar surface area (TPSA) is 135 Å². The highest BCUT2D eigenvalue weighted by molar-refractivity contribution is 5.69. The molecular formula is C55H94O9. The average molecular weight is 899 g/mol. The van der Waals surface area contributed by atoms with Crippen molar-refractivity contribution in [3.63, 3.8) is 0 Å². The molecular weight excluding hydrogens is 805 g/mol. The van der Waals surface area contributed by atoms with Crippen molar-refractivity contribution in [3.05, 3.63) is 85.1 Å². The summed E-state index contributed by atoms with van der Waals surface area (Å²) in [5.74, 6) is -0.335. The summed E-state index contributed by atoms with van der Waals surface area (Å²) in [4.78, 5) is 12.8. The van der Waals surface area contributed by atoms with Crippen LogP contribution >= 0.6 is 0 Å². The SMILES string of the molecule is CC/C=C\C/C=C\C/C=C\C/C=C\C/C=C\CCCCCCCC(=O)OC(COCCCCCCCCCCCC/C=C\C/C=C\CCCCC)COC1OC(CO)C(O)C(O)C1O. The first-order chi connectivity index (χ1) is 31.4. The van der Waals surface area contributed by atoms with Crippen molar-refractivity contribution in [1.29, 1.82) is 0 Å². The van der Waals surface area contributed by atoms with E-state index in [1.54, 1.807) is 0 Å². The van der Waals surface area contributed by atoms with Gasteiger partial charge in [0.15, 0.2) is 6.29 Å². The number of ether oxygens (including phenoxy) is 4. The molecule has 0 bridgehead atoms. The van der Waals surface area contributed by atoms with Crippen LogP contribution in [0.15, 0.2) is 85.1 Å². The maximum Gasteiger partial charge on any atom is 0.306 e. The lowest BCUT2D eigenvalue weighted by Crippen LogP contribution is -2.59. The molecule has 1 rings (SSSR count). The molecule has 6 unspecified atom stereocenters. The molecule has 0 saturated carbocycles. The molecule has 368 valence electrons. The molecule has 9 heteroatoms. The van der Waals surface area contributed by atoms with E-state index < -0.39 is 43.4 Å². The van der Waals surface area contributed by atoms with E-state index in [2.05, 4.69) is 98.9 Å². The second kappa shape index (κ2) is 45.5. The number of allylic oxidation sites excluding steroid dienone is 14. The molecule has 0 aliphatic carbocycles. The van der Waals surface area contributed by atoms with Gasteiger partial charge in [0, 0.05) is 13.0 Å². The summed E-state index contributed by atoms with van der Waals surface area (Å²) >= 11 is 0. The van der Waals surface area contributed by atoms with Gasteiger partial charge >= 0.3 is 5.97 Å². The molecule has 0 spiro atoms. The van der Waals surface area contributed by atoms with Crippen LogP contribution in [0.5, 0.6) is 0 Å². The fourth-order valence-corrected chi connectivity index (χ4v) is 7.31. The molecule has 0 radical (unpaired) electrons. The van der Waals surface area contributed by atoms with Crippen molar-refractivity contribution in [2.75, 3.05) is 26.4 Å². The smallest absolute Gasteiger partial charge is 0.306 e. The van der Waals surface area contributed by atoms with Crippen LogP contribution in [0.2, 0.25) is 0 Å². The molecule has 1 saturated heterocycles. The summed E-state index contributed by atoms with van der Waals surface area (Å²) < 4.78 is 22.9. The maximum atomic E-state index is 12.8. The van der Waals surface area contributed by atoms with Crippen LogP contribution < -0.4 is 0 Å². The molecule has 9 nitrogen and oxygen atoms in total. The predicted molar refractivity (Wildman–Crippen MR) is 265 cm³/mol. The van der Waals surface area contributed by atoms with Gasteiger partial charge in [-0.05, 0) is 89.9 Å². The van der Waals surface area contributed by atoms with Crippen molar-refractivity contribution in [2.24, 2.45) is 0 Å². The van der Waals surface area contributed by atoms with Gasteiger partial charge in [0.2, 0.25) is 0 Å². The fraction of sp³-hybridized carbons (Fsp3) is 0.727. The first-order valence-electron chi connectivity index (χ1n) is 25.7. The monoisotopic (exact) mass is 899 g/mol. The number of carbonyl (C=O) groups excluding carboxylic acids is 1. The number of rotatable bonds is 43. The Kier molecular flexibility index (Phi) is 42.2. The minimum Gasteiger partial charge on any atom is -0.457 e. The van der Waals surface area contributed by atoms with Crippen molar-refractivity contribution >= 4 is 5.97 Å². The van der Waals surface area contributed by atoms with Crippen molar-refractivity contribution in [2.45, 2.75) is 230 Å². The Morgan fingerprint density at radius 1 is 0.516 bits per heavy atom. The first-order valence-corrected chi connectivity index (χ1v) is 25.7. The van der Waals surface area contributed by atoms with Crippen molar-refractivity contribution in [3.8, 4) is 0 Å². The summed E-state index contributed by atoms with van der Waals surface area (Å²) in [6.45, 7) is 4.39. The third kappa shape index (κ3) is 35.6. The highest BCUT2D eigenvalue weighted by Crippen LogP contribution is 2.22. The van der Waals surface area contributed by atoms with Crippen LogP contribution in [0, 0.1) is 0 Å². The van der Waals surface area contributed by atoms with Crippen LogP contribution in [-0.2, 0) is 23.7 Å². The van der Waals surface area contributed by atoms with Gasteiger partial charge in [-0.1, -0.05) is 182 Å². The van der Waals surface area contributed by atoms with E-state index in [0.717, 1.165) is 89.9 Å². The summed E-state index contributed by atoms with van der Waals surface area (Å²) in [6.07, 6.45) is 54.6. The quantitative estimate of drug-likeness (QED) is 0.0268. The van der Waals surface area contributed by atoms with Gasteiger partial charge in [0.1, 0.15) is 30.5 Å². The molecule has 0 aromatic rings. The van der Waals surface area contributed by atoms with Crippen LogP contribution in [0.25, 0.3) is 0 Å². The van der Waals surface area contributed by atoms with E-state index in [-0.39, 0.29) is 19.2 Å². The van der Waals surface area contributed by atoms with E-state index in [0.29, 0.717) is 13.0 Å².